The number of benzene rings is 1. The highest BCUT2D eigenvalue weighted by Gasteiger charge is 2.31. The zero-order chi connectivity index (χ0) is 23.1. The molecule has 1 unspecified atom stereocenters. The molecule has 1 N–H and O–H groups in total. The lowest BCUT2D eigenvalue weighted by molar-refractivity contribution is -0.142. The number of hydrogen-bond acceptors (Lipinski definition) is 6. The first-order chi connectivity index (χ1) is 15.3. The molecule has 2 aromatic rings. The maximum Gasteiger partial charge on any atom is 0.273 e. The third-order valence-corrected chi connectivity index (χ3v) is 5.37. The zero-order valence-corrected chi connectivity index (χ0v) is 19.3. The number of hydrogen-bond donors (Lipinski definition) is 1. The van der Waals surface area contributed by atoms with Crippen molar-refractivity contribution in [2.45, 2.75) is 52.7 Å². The minimum Gasteiger partial charge on any atom is -0.497 e. The van der Waals surface area contributed by atoms with Gasteiger partial charge in [0.05, 0.1) is 19.8 Å². The van der Waals surface area contributed by atoms with Crippen LogP contribution >= 0.6 is 0 Å². The number of carbonyl (C=O) groups is 2. The van der Waals surface area contributed by atoms with Gasteiger partial charge in [0.25, 0.3) is 5.91 Å². The number of nitrogens with zero attached hydrogens (tertiary/aromatic N) is 2. The molecule has 0 spiro atoms. The average molecular weight is 444 g/mol. The Hall–Kier alpha value is -2.87. The van der Waals surface area contributed by atoms with Gasteiger partial charge in [0.1, 0.15) is 5.75 Å². The zero-order valence-electron chi connectivity index (χ0n) is 19.3. The summed E-state index contributed by atoms with van der Waals surface area (Å²) in [5.41, 5.74) is 0.771. The van der Waals surface area contributed by atoms with Gasteiger partial charge in [0.15, 0.2) is 11.5 Å². The highest BCUT2D eigenvalue weighted by Crippen LogP contribution is 2.22. The van der Waals surface area contributed by atoms with Crippen molar-refractivity contribution in [3.8, 4) is 5.75 Å². The van der Waals surface area contributed by atoms with Crippen LogP contribution in [0, 0.1) is 5.41 Å². The van der Waals surface area contributed by atoms with Gasteiger partial charge in [-0.3, -0.25) is 9.59 Å². The summed E-state index contributed by atoms with van der Waals surface area (Å²) in [5, 5.41) is 6.75. The summed E-state index contributed by atoms with van der Waals surface area (Å²) in [6.07, 6.45) is 2.66. The van der Waals surface area contributed by atoms with Crippen molar-refractivity contribution in [1.29, 1.82) is 0 Å². The van der Waals surface area contributed by atoms with Gasteiger partial charge < -0.3 is 24.2 Å². The summed E-state index contributed by atoms with van der Waals surface area (Å²) in [4.78, 5) is 27.1. The summed E-state index contributed by atoms with van der Waals surface area (Å²) in [6, 6.07) is 9.31. The smallest absolute Gasteiger partial charge is 0.273 e. The van der Waals surface area contributed by atoms with Gasteiger partial charge in [-0.05, 0) is 37.0 Å². The summed E-state index contributed by atoms with van der Waals surface area (Å²) in [6.45, 7) is 7.62. The predicted molar refractivity (Wildman–Crippen MR) is 119 cm³/mol. The Kier molecular flexibility index (Phi) is 7.90. The molecule has 1 fully saturated rings. The van der Waals surface area contributed by atoms with E-state index >= 15 is 0 Å². The van der Waals surface area contributed by atoms with Gasteiger partial charge >= 0.3 is 0 Å². The SMILES string of the molecule is COc1ccc(CCNC(=O)c2cc(CN(CC3CCCO3)C(=O)C(C)(C)C)on2)cc1. The lowest BCUT2D eigenvalue weighted by Crippen LogP contribution is -2.42. The van der Waals surface area contributed by atoms with Crippen molar-refractivity contribution in [3.05, 3.63) is 47.3 Å². The van der Waals surface area contributed by atoms with E-state index in [1.54, 1.807) is 18.1 Å². The van der Waals surface area contributed by atoms with Crippen LogP contribution in [0.25, 0.3) is 0 Å². The second kappa shape index (κ2) is 10.6. The fourth-order valence-electron chi connectivity index (χ4n) is 3.61. The van der Waals surface area contributed by atoms with E-state index in [1.165, 1.54) is 0 Å². The summed E-state index contributed by atoms with van der Waals surface area (Å²) in [5.74, 6) is 0.975. The third-order valence-electron chi connectivity index (χ3n) is 5.37. The minimum absolute atomic E-state index is 0.00916. The highest BCUT2D eigenvalue weighted by atomic mass is 16.5. The van der Waals surface area contributed by atoms with Crippen molar-refractivity contribution in [3.63, 3.8) is 0 Å². The number of ether oxygens (including phenoxy) is 2. The number of aromatic nitrogens is 1. The standard InChI is InChI=1S/C24H33N3O5/c1-24(2,3)23(29)27(15-19-6-5-13-31-19)16-20-14-21(26-32-20)22(28)25-12-11-17-7-9-18(30-4)10-8-17/h7-10,14,19H,5-6,11-13,15-16H2,1-4H3,(H,25,28). The van der Waals surface area contributed by atoms with E-state index in [0.717, 1.165) is 30.8 Å². The molecule has 2 amide bonds. The summed E-state index contributed by atoms with van der Waals surface area (Å²) >= 11 is 0. The molecule has 1 aromatic carbocycles. The van der Waals surface area contributed by atoms with E-state index in [4.69, 9.17) is 14.0 Å². The maximum absolute atomic E-state index is 12.9. The number of nitrogens with one attached hydrogen (secondary N) is 1. The maximum atomic E-state index is 12.9. The largest absolute Gasteiger partial charge is 0.497 e. The van der Waals surface area contributed by atoms with Crippen molar-refractivity contribution in [2.75, 3.05) is 26.8 Å². The Balaban J connectivity index is 1.55. The van der Waals surface area contributed by atoms with E-state index in [2.05, 4.69) is 10.5 Å². The molecule has 0 bridgehead atoms. The van der Waals surface area contributed by atoms with E-state index < -0.39 is 5.41 Å². The van der Waals surface area contributed by atoms with Crippen molar-refractivity contribution < 1.29 is 23.6 Å². The second-order valence-corrected chi connectivity index (χ2v) is 9.10. The van der Waals surface area contributed by atoms with Crippen LogP contribution in [-0.2, 0) is 22.5 Å². The topological polar surface area (TPSA) is 93.9 Å². The molecule has 1 atom stereocenters. The molecule has 8 heteroatoms. The van der Waals surface area contributed by atoms with Gasteiger partial charge in [-0.1, -0.05) is 38.1 Å². The van der Waals surface area contributed by atoms with Gasteiger partial charge in [-0.25, -0.2) is 0 Å². The van der Waals surface area contributed by atoms with Crippen LogP contribution in [0.5, 0.6) is 5.75 Å². The molecule has 1 aliphatic heterocycles. The first-order valence-electron chi connectivity index (χ1n) is 11.0. The molecule has 32 heavy (non-hydrogen) atoms. The molecule has 0 aliphatic carbocycles. The molecule has 1 aliphatic rings. The lowest BCUT2D eigenvalue weighted by atomic mass is 9.94. The van der Waals surface area contributed by atoms with Crippen molar-refractivity contribution in [2.24, 2.45) is 5.41 Å². The second-order valence-electron chi connectivity index (χ2n) is 9.10. The molecule has 0 radical (unpaired) electrons. The Labute approximate surface area is 189 Å². The molecule has 174 valence electrons. The number of methoxy groups -OCH3 is 1. The van der Waals surface area contributed by atoms with Crippen LogP contribution in [0.4, 0.5) is 0 Å². The average Bonchev–Trinajstić information content (AvgIpc) is 3.45. The Bertz CT molecular complexity index is 895. The fourth-order valence-corrected chi connectivity index (χ4v) is 3.61. The molecule has 0 saturated carbocycles. The first kappa shape index (κ1) is 23.8. The highest BCUT2D eigenvalue weighted by molar-refractivity contribution is 5.92. The number of carbonyl (C=O) groups excluding carboxylic acids is 2. The summed E-state index contributed by atoms with van der Waals surface area (Å²) < 4.78 is 16.2. The Morgan fingerprint density at radius 3 is 2.62 bits per heavy atom. The van der Waals surface area contributed by atoms with Crippen LogP contribution in [0.15, 0.2) is 34.9 Å². The molecule has 3 rings (SSSR count). The Morgan fingerprint density at radius 2 is 2.00 bits per heavy atom. The predicted octanol–water partition coefficient (Wildman–Crippen LogP) is 3.21. The van der Waals surface area contributed by atoms with E-state index in [-0.39, 0.29) is 30.2 Å². The van der Waals surface area contributed by atoms with E-state index in [1.807, 2.05) is 45.0 Å². The van der Waals surface area contributed by atoms with Crippen LogP contribution in [0.2, 0.25) is 0 Å². The molecule has 8 nitrogen and oxygen atoms in total. The Morgan fingerprint density at radius 1 is 1.25 bits per heavy atom. The van der Waals surface area contributed by atoms with Crippen molar-refractivity contribution >= 4 is 11.8 Å². The number of rotatable bonds is 9. The molecular formula is C24H33N3O5. The van der Waals surface area contributed by atoms with Gasteiger partial charge in [0, 0.05) is 31.2 Å². The van der Waals surface area contributed by atoms with Crippen LogP contribution in [0.1, 0.15) is 55.4 Å². The molecular weight excluding hydrogens is 410 g/mol. The van der Waals surface area contributed by atoms with E-state index in [0.29, 0.717) is 25.3 Å². The van der Waals surface area contributed by atoms with Gasteiger partial charge in [-0.15, -0.1) is 0 Å². The normalized spacial score (nSPS) is 16.1. The molecule has 1 aromatic heterocycles. The lowest BCUT2D eigenvalue weighted by Gasteiger charge is -2.30. The molecule has 1 saturated heterocycles. The van der Waals surface area contributed by atoms with Gasteiger partial charge in [0.2, 0.25) is 5.91 Å². The number of amides is 2. The van der Waals surface area contributed by atoms with Gasteiger partial charge in [-0.2, -0.15) is 0 Å². The third kappa shape index (κ3) is 6.56. The quantitative estimate of drug-likeness (QED) is 0.640. The molecule has 2 heterocycles. The monoisotopic (exact) mass is 443 g/mol. The van der Waals surface area contributed by atoms with Crippen LogP contribution in [-0.4, -0.2) is 54.8 Å². The fraction of sp³-hybridized carbons (Fsp3) is 0.542. The van der Waals surface area contributed by atoms with Crippen LogP contribution < -0.4 is 10.1 Å². The minimum atomic E-state index is -0.527. The summed E-state index contributed by atoms with van der Waals surface area (Å²) in [7, 11) is 1.63. The first-order valence-corrected chi connectivity index (χ1v) is 11.0. The van der Waals surface area contributed by atoms with Crippen molar-refractivity contribution in [1.82, 2.24) is 15.4 Å². The van der Waals surface area contributed by atoms with Crippen LogP contribution in [0.3, 0.4) is 0 Å². The van der Waals surface area contributed by atoms with E-state index in [9.17, 15) is 9.59 Å².